The van der Waals surface area contributed by atoms with E-state index >= 15 is 0 Å². The molecule has 0 aliphatic carbocycles. The summed E-state index contributed by atoms with van der Waals surface area (Å²) in [5, 5.41) is 15.0. The number of halogens is 3. The summed E-state index contributed by atoms with van der Waals surface area (Å²) in [7, 11) is -2.86. The molecular weight excluding hydrogens is 541 g/mol. The van der Waals surface area contributed by atoms with Crippen LogP contribution in [0.3, 0.4) is 0 Å². The number of carboxylic acid groups (broad SMARTS) is 1. The minimum atomic E-state index is -4.91. The molecule has 3 N–H and O–H groups in total. The zero-order valence-corrected chi connectivity index (χ0v) is 22.9. The zero-order valence-electron chi connectivity index (χ0n) is 22.1. The highest BCUT2D eigenvalue weighted by Crippen LogP contribution is 2.41. The maximum atomic E-state index is 13.0. The van der Waals surface area contributed by atoms with Crippen molar-refractivity contribution in [2.75, 3.05) is 20.2 Å². The number of nitrogens with zero attached hydrogens (tertiary/aromatic N) is 1. The van der Waals surface area contributed by atoms with Crippen molar-refractivity contribution in [1.29, 1.82) is 0 Å². The van der Waals surface area contributed by atoms with Gasteiger partial charge in [0.05, 0.1) is 7.11 Å². The lowest BCUT2D eigenvalue weighted by Gasteiger charge is -2.35. The van der Waals surface area contributed by atoms with Crippen LogP contribution in [0.2, 0.25) is 0 Å². The maximum absolute atomic E-state index is 13.0. The van der Waals surface area contributed by atoms with Crippen LogP contribution in [-0.2, 0) is 10.0 Å². The predicted octanol–water partition coefficient (Wildman–Crippen LogP) is 5.40. The fraction of sp³-hybridized carbons (Fsp3) is 0.462. The standard InChI is InChI=1S/C26H33F3N2O7S/c1-25(2,3)19(18-9-5-6-11-21(18)38-26(27,28)29)16-31(24(33)34)14-8-7-10-20(32)17-12-13-22(37-4)23(15-17)39(30,35)36/h5-6,9,11-13,15,19H,7-8,10,14,16H2,1-4H3,(H,33,34)(H2,30,35,36). The highest BCUT2D eigenvalue weighted by atomic mass is 32.2. The fourth-order valence-electron chi connectivity index (χ4n) is 4.12. The Hall–Kier alpha value is -3.32. The van der Waals surface area contributed by atoms with Crippen molar-refractivity contribution in [2.45, 2.75) is 57.2 Å². The highest BCUT2D eigenvalue weighted by Gasteiger charge is 2.36. The van der Waals surface area contributed by atoms with E-state index in [2.05, 4.69) is 4.74 Å². The summed E-state index contributed by atoms with van der Waals surface area (Å²) in [6, 6.07) is 9.52. The number of carbonyl (C=O) groups is 2. The van der Waals surface area contributed by atoms with Gasteiger partial charge in [0.2, 0.25) is 10.0 Å². The van der Waals surface area contributed by atoms with Gasteiger partial charge in [-0.25, -0.2) is 18.4 Å². The number of para-hydroxylation sites is 1. The zero-order chi connectivity index (χ0) is 29.6. The lowest BCUT2D eigenvalue weighted by molar-refractivity contribution is -0.275. The van der Waals surface area contributed by atoms with Crippen molar-refractivity contribution in [1.82, 2.24) is 4.90 Å². The van der Waals surface area contributed by atoms with Gasteiger partial charge in [0, 0.05) is 31.0 Å². The number of hydrogen-bond donors (Lipinski definition) is 2. The Balaban J connectivity index is 2.12. The molecule has 0 aliphatic rings. The van der Waals surface area contributed by atoms with Crippen LogP contribution in [0.15, 0.2) is 47.4 Å². The summed E-state index contributed by atoms with van der Waals surface area (Å²) in [4.78, 5) is 25.4. The largest absolute Gasteiger partial charge is 0.573 e. The Morgan fingerprint density at radius 2 is 1.69 bits per heavy atom. The highest BCUT2D eigenvalue weighted by molar-refractivity contribution is 7.89. The van der Waals surface area contributed by atoms with Gasteiger partial charge in [-0.2, -0.15) is 0 Å². The number of rotatable bonds is 12. The number of unbranched alkanes of at least 4 members (excludes halogenated alkanes) is 1. The number of Topliss-reactive ketones (excluding diaryl/α,β-unsaturated/α-hetero) is 1. The molecular formula is C26H33F3N2O7S. The molecule has 0 aliphatic heterocycles. The molecule has 0 radical (unpaired) electrons. The number of methoxy groups -OCH3 is 1. The second kappa shape index (κ2) is 12.7. The van der Waals surface area contributed by atoms with Gasteiger partial charge in [0.25, 0.3) is 0 Å². The Morgan fingerprint density at radius 3 is 2.23 bits per heavy atom. The van der Waals surface area contributed by atoms with Gasteiger partial charge in [0.1, 0.15) is 16.4 Å². The quantitative estimate of drug-likeness (QED) is 0.256. The number of ketones is 1. The van der Waals surface area contributed by atoms with Crippen molar-refractivity contribution in [3.05, 3.63) is 53.6 Å². The Kier molecular flexibility index (Phi) is 10.4. The van der Waals surface area contributed by atoms with E-state index in [4.69, 9.17) is 9.88 Å². The lowest BCUT2D eigenvalue weighted by atomic mass is 9.75. The molecule has 0 spiro atoms. The number of nitrogens with two attached hydrogens (primary N) is 1. The van der Waals surface area contributed by atoms with Gasteiger partial charge < -0.3 is 19.5 Å². The maximum Gasteiger partial charge on any atom is 0.573 e. The van der Waals surface area contributed by atoms with Gasteiger partial charge >= 0.3 is 12.5 Å². The number of carbonyl (C=O) groups excluding carboxylic acids is 1. The molecule has 9 nitrogen and oxygen atoms in total. The normalized spacial score (nSPS) is 13.0. The van der Waals surface area contributed by atoms with Crippen LogP contribution in [0.5, 0.6) is 11.5 Å². The van der Waals surface area contributed by atoms with Crippen molar-refractivity contribution in [3.63, 3.8) is 0 Å². The predicted molar refractivity (Wildman–Crippen MR) is 137 cm³/mol. The number of benzene rings is 2. The summed E-state index contributed by atoms with van der Waals surface area (Å²) in [5.41, 5.74) is -0.276. The van der Waals surface area contributed by atoms with Crippen LogP contribution in [0.1, 0.15) is 61.9 Å². The van der Waals surface area contributed by atoms with Gasteiger partial charge in [-0.05, 0) is 48.1 Å². The van der Waals surface area contributed by atoms with E-state index in [-0.39, 0.29) is 65.7 Å². The minimum absolute atomic E-state index is 0.00163. The second-order valence-electron chi connectivity index (χ2n) is 10.0. The lowest BCUT2D eigenvalue weighted by Crippen LogP contribution is -2.38. The number of alkyl halides is 3. The van der Waals surface area contributed by atoms with Crippen LogP contribution < -0.4 is 14.6 Å². The fourth-order valence-corrected chi connectivity index (χ4v) is 4.84. The van der Waals surface area contributed by atoms with Crippen molar-refractivity contribution in [3.8, 4) is 11.5 Å². The first kappa shape index (κ1) is 31.9. The van der Waals surface area contributed by atoms with Gasteiger partial charge in [0.15, 0.2) is 5.78 Å². The SMILES string of the molecule is COc1ccc(C(=O)CCCCN(CC(c2ccccc2OC(F)(F)F)C(C)(C)C)C(=O)O)cc1S(N)(=O)=O. The second-order valence-corrected chi connectivity index (χ2v) is 11.6. The molecule has 0 heterocycles. The van der Waals surface area contributed by atoms with E-state index in [1.54, 1.807) is 26.8 Å². The van der Waals surface area contributed by atoms with Crippen molar-refractivity contribution in [2.24, 2.45) is 10.6 Å². The van der Waals surface area contributed by atoms with E-state index in [9.17, 15) is 36.3 Å². The molecule has 1 unspecified atom stereocenters. The summed E-state index contributed by atoms with van der Waals surface area (Å²) >= 11 is 0. The summed E-state index contributed by atoms with van der Waals surface area (Å²) in [5.74, 6) is -1.39. The van der Waals surface area contributed by atoms with Gasteiger partial charge in [-0.15, -0.1) is 13.2 Å². The summed E-state index contributed by atoms with van der Waals surface area (Å²) in [6.45, 7) is 5.33. The Bertz CT molecular complexity index is 1280. The molecule has 2 aromatic rings. The first-order valence-electron chi connectivity index (χ1n) is 12.0. The molecule has 1 amide bonds. The number of primary sulfonamides is 1. The monoisotopic (exact) mass is 574 g/mol. The Morgan fingerprint density at radius 1 is 1.05 bits per heavy atom. The Labute approximate surface area is 225 Å². The van der Waals surface area contributed by atoms with E-state index in [1.807, 2.05) is 0 Å². The first-order valence-corrected chi connectivity index (χ1v) is 13.5. The average molecular weight is 575 g/mol. The molecule has 39 heavy (non-hydrogen) atoms. The number of hydrogen-bond acceptors (Lipinski definition) is 6. The van der Waals surface area contributed by atoms with E-state index in [1.165, 1.54) is 37.4 Å². The van der Waals surface area contributed by atoms with Gasteiger partial charge in [-0.1, -0.05) is 39.0 Å². The third-order valence-corrected chi connectivity index (χ3v) is 7.05. The topological polar surface area (TPSA) is 136 Å². The third-order valence-electron chi connectivity index (χ3n) is 6.11. The van der Waals surface area contributed by atoms with Crippen molar-refractivity contribution < 1.29 is 45.8 Å². The molecule has 0 aromatic heterocycles. The molecule has 2 aromatic carbocycles. The van der Waals surface area contributed by atoms with Crippen LogP contribution in [0.4, 0.5) is 18.0 Å². The molecule has 2 rings (SSSR count). The molecule has 13 heteroatoms. The summed E-state index contributed by atoms with van der Waals surface area (Å²) < 4.78 is 71.7. The number of amides is 1. The van der Waals surface area contributed by atoms with Crippen LogP contribution in [-0.4, -0.2) is 56.9 Å². The van der Waals surface area contributed by atoms with Crippen molar-refractivity contribution >= 4 is 21.9 Å². The van der Waals surface area contributed by atoms with Gasteiger partial charge in [-0.3, -0.25) is 4.79 Å². The van der Waals surface area contributed by atoms with E-state index in [0.29, 0.717) is 0 Å². The number of sulfonamides is 1. The molecule has 0 saturated carbocycles. The van der Waals surface area contributed by atoms with Crippen LogP contribution in [0, 0.1) is 5.41 Å². The van der Waals surface area contributed by atoms with Crippen LogP contribution in [0.25, 0.3) is 0 Å². The van der Waals surface area contributed by atoms with Crippen LogP contribution >= 0.6 is 0 Å². The van der Waals surface area contributed by atoms with E-state index in [0.717, 1.165) is 11.0 Å². The first-order chi connectivity index (χ1) is 17.9. The average Bonchev–Trinajstić information content (AvgIpc) is 2.81. The molecule has 1 atom stereocenters. The molecule has 0 bridgehead atoms. The summed E-state index contributed by atoms with van der Waals surface area (Å²) in [6.07, 6.45) is -5.58. The molecule has 0 fully saturated rings. The molecule has 0 saturated heterocycles. The smallest absolute Gasteiger partial charge is 0.495 e. The third kappa shape index (κ3) is 9.43. The molecule has 216 valence electrons. The minimum Gasteiger partial charge on any atom is -0.495 e. The van der Waals surface area contributed by atoms with E-state index < -0.39 is 33.8 Å². The number of ether oxygens (including phenoxy) is 2.